The molecule has 3 N–H and O–H groups in total. The number of carbonyl (C=O) groups is 1. The van der Waals surface area contributed by atoms with E-state index in [4.69, 9.17) is 5.73 Å². The summed E-state index contributed by atoms with van der Waals surface area (Å²) in [5.41, 5.74) is 7.22. The molecule has 0 saturated carbocycles. The van der Waals surface area contributed by atoms with Crippen molar-refractivity contribution in [3.8, 4) is 0 Å². The van der Waals surface area contributed by atoms with Gasteiger partial charge < -0.3 is 11.1 Å². The summed E-state index contributed by atoms with van der Waals surface area (Å²) >= 11 is 1.65. The maximum atomic E-state index is 11.7. The van der Waals surface area contributed by atoms with E-state index in [1.54, 1.807) is 11.3 Å². The molecule has 2 atom stereocenters. The highest BCUT2D eigenvalue weighted by Gasteiger charge is 2.22. The maximum absolute atomic E-state index is 11.7. The average molecular weight is 269 g/mol. The lowest BCUT2D eigenvalue weighted by molar-refractivity contribution is -0.122. The zero-order valence-corrected chi connectivity index (χ0v) is 12.2. The molecular weight excluding hydrogens is 246 g/mol. The second kappa shape index (κ2) is 7.51. The van der Waals surface area contributed by atoms with E-state index in [9.17, 15) is 4.79 Å². The zero-order valence-electron chi connectivity index (χ0n) is 11.3. The molecule has 0 saturated heterocycles. The molecule has 1 heterocycles. The van der Waals surface area contributed by atoms with Crippen LogP contribution >= 0.6 is 11.3 Å². The van der Waals surface area contributed by atoms with Crippen molar-refractivity contribution < 1.29 is 4.79 Å². The molecule has 0 fully saturated rings. The van der Waals surface area contributed by atoms with Crippen molar-refractivity contribution in [3.05, 3.63) is 22.4 Å². The van der Waals surface area contributed by atoms with Crippen molar-refractivity contribution in [2.45, 2.75) is 32.4 Å². The summed E-state index contributed by atoms with van der Waals surface area (Å²) in [5.74, 6) is 0.0558. The Balaban J connectivity index is 2.61. The van der Waals surface area contributed by atoms with E-state index in [1.807, 2.05) is 31.2 Å². The van der Waals surface area contributed by atoms with Crippen molar-refractivity contribution in [2.75, 3.05) is 20.1 Å². The van der Waals surface area contributed by atoms with Gasteiger partial charge in [0.15, 0.2) is 0 Å². The van der Waals surface area contributed by atoms with Crippen LogP contribution in [-0.2, 0) is 4.79 Å². The largest absolute Gasteiger partial charge is 0.355 e. The van der Waals surface area contributed by atoms with Gasteiger partial charge in [0.2, 0.25) is 5.91 Å². The standard InChI is InChI=1S/C13H23N3OS/c1-4-6-15-12(17)8-16(3)13(10(2)14)11-5-7-18-9-11/h5,7,9-10,13H,4,6,8,14H2,1-3H3,(H,15,17). The predicted octanol–water partition coefficient (Wildman–Crippen LogP) is 1.59. The molecule has 4 nitrogen and oxygen atoms in total. The zero-order chi connectivity index (χ0) is 13.5. The fourth-order valence-electron chi connectivity index (χ4n) is 2.05. The lowest BCUT2D eigenvalue weighted by Crippen LogP contribution is -2.42. The van der Waals surface area contributed by atoms with E-state index < -0.39 is 0 Å². The summed E-state index contributed by atoms with van der Waals surface area (Å²) in [6, 6.07) is 2.14. The Hall–Kier alpha value is -0.910. The van der Waals surface area contributed by atoms with E-state index >= 15 is 0 Å². The number of likely N-dealkylation sites (N-methyl/N-ethyl adjacent to an activating group) is 1. The first kappa shape index (κ1) is 15.1. The van der Waals surface area contributed by atoms with Gasteiger partial charge in [-0.2, -0.15) is 11.3 Å². The van der Waals surface area contributed by atoms with Crippen LogP contribution < -0.4 is 11.1 Å². The molecule has 18 heavy (non-hydrogen) atoms. The molecule has 1 aromatic heterocycles. The van der Waals surface area contributed by atoms with Crippen molar-refractivity contribution in [1.82, 2.24) is 10.2 Å². The van der Waals surface area contributed by atoms with Crippen molar-refractivity contribution in [2.24, 2.45) is 5.73 Å². The van der Waals surface area contributed by atoms with E-state index in [1.165, 1.54) is 5.56 Å². The third-order valence-corrected chi connectivity index (χ3v) is 3.52. The quantitative estimate of drug-likeness (QED) is 0.790. The molecule has 102 valence electrons. The summed E-state index contributed by atoms with van der Waals surface area (Å²) in [6.07, 6.45) is 0.955. The van der Waals surface area contributed by atoms with Gasteiger partial charge in [0.1, 0.15) is 0 Å². The summed E-state index contributed by atoms with van der Waals surface area (Å²) in [5, 5.41) is 7.01. The molecule has 2 unspecified atom stereocenters. The van der Waals surface area contributed by atoms with Crippen molar-refractivity contribution in [1.29, 1.82) is 0 Å². The van der Waals surface area contributed by atoms with Gasteiger partial charge in [-0.15, -0.1) is 0 Å². The lowest BCUT2D eigenvalue weighted by atomic mass is 10.0. The molecule has 5 heteroatoms. The van der Waals surface area contributed by atoms with Crippen LogP contribution in [0.2, 0.25) is 0 Å². The Morgan fingerprint density at radius 2 is 2.33 bits per heavy atom. The number of thiophene rings is 1. The molecule has 0 bridgehead atoms. The van der Waals surface area contributed by atoms with Crippen LogP contribution in [0, 0.1) is 0 Å². The molecule has 1 rings (SSSR count). The van der Waals surface area contributed by atoms with E-state index in [0.717, 1.165) is 13.0 Å². The third kappa shape index (κ3) is 4.40. The van der Waals surface area contributed by atoms with Gasteiger partial charge in [-0.05, 0) is 42.8 Å². The Kier molecular flexibility index (Phi) is 6.32. The molecule has 1 amide bonds. The minimum absolute atomic E-state index is 0.0106. The molecular formula is C13H23N3OS. The van der Waals surface area contributed by atoms with Crippen LogP contribution in [0.1, 0.15) is 31.9 Å². The Labute approximate surface area is 113 Å². The maximum Gasteiger partial charge on any atom is 0.234 e. The molecule has 0 aromatic carbocycles. The number of nitrogens with one attached hydrogen (secondary N) is 1. The topological polar surface area (TPSA) is 58.4 Å². The van der Waals surface area contributed by atoms with Crippen LogP contribution in [0.15, 0.2) is 16.8 Å². The summed E-state index contributed by atoms with van der Waals surface area (Å²) in [6.45, 7) is 5.12. The minimum Gasteiger partial charge on any atom is -0.355 e. The summed E-state index contributed by atoms with van der Waals surface area (Å²) < 4.78 is 0. The third-order valence-electron chi connectivity index (χ3n) is 2.82. The summed E-state index contributed by atoms with van der Waals surface area (Å²) in [4.78, 5) is 13.7. The smallest absolute Gasteiger partial charge is 0.234 e. The Morgan fingerprint density at radius 3 is 2.83 bits per heavy atom. The van der Waals surface area contributed by atoms with Gasteiger partial charge in [-0.25, -0.2) is 0 Å². The van der Waals surface area contributed by atoms with Gasteiger partial charge in [0.05, 0.1) is 12.6 Å². The van der Waals surface area contributed by atoms with Gasteiger partial charge in [0, 0.05) is 12.6 Å². The van der Waals surface area contributed by atoms with Crippen LogP contribution in [0.25, 0.3) is 0 Å². The molecule has 0 radical (unpaired) electrons. The SMILES string of the molecule is CCCNC(=O)CN(C)C(c1ccsc1)C(C)N. The average Bonchev–Trinajstić information content (AvgIpc) is 2.79. The highest BCUT2D eigenvalue weighted by atomic mass is 32.1. The van der Waals surface area contributed by atoms with Gasteiger partial charge >= 0.3 is 0 Å². The number of nitrogens with two attached hydrogens (primary N) is 1. The lowest BCUT2D eigenvalue weighted by Gasteiger charge is -2.30. The molecule has 0 aliphatic heterocycles. The number of hydrogen-bond acceptors (Lipinski definition) is 4. The van der Waals surface area contributed by atoms with Gasteiger partial charge in [0.25, 0.3) is 0 Å². The molecule has 1 aromatic rings. The van der Waals surface area contributed by atoms with E-state index in [0.29, 0.717) is 6.54 Å². The second-order valence-electron chi connectivity index (χ2n) is 4.63. The number of nitrogens with zero attached hydrogens (tertiary/aromatic N) is 1. The monoisotopic (exact) mass is 269 g/mol. The molecule has 0 aliphatic carbocycles. The summed E-state index contributed by atoms with van der Waals surface area (Å²) in [7, 11) is 1.94. The first-order chi connectivity index (χ1) is 8.56. The number of amides is 1. The first-order valence-corrected chi connectivity index (χ1v) is 7.25. The first-order valence-electron chi connectivity index (χ1n) is 6.30. The predicted molar refractivity (Wildman–Crippen MR) is 76.6 cm³/mol. The second-order valence-corrected chi connectivity index (χ2v) is 5.41. The van der Waals surface area contributed by atoms with Gasteiger partial charge in [-0.3, -0.25) is 9.69 Å². The fourth-order valence-corrected chi connectivity index (χ4v) is 2.74. The highest BCUT2D eigenvalue weighted by Crippen LogP contribution is 2.24. The van der Waals surface area contributed by atoms with Crippen molar-refractivity contribution in [3.63, 3.8) is 0 Å². The normalized spacial score (nSPS) is 14.5. The van der Waals surface area contributed by atoms with E-state index in [-0.39, 0.29) is 18.0 Å². The minimum atomic E-state index is -0.0106. The number of carbonyl (C=O) groups excluding carboxylic acids is 1. The fraction of sp³-hybridized carbons (Fsp3) is 0.615. The Morgan fingerprint density at radius 1 is 1.61 bits per heavy atom. The van der Waals surface area contributed by atoms with Crippen molar-refractivity contribution >= 4 is 17.2 Å². The van der Waals surface area contributed by atoms with Crippen LogP contribution in [-0.4, -0.2) is 37.0 Å². The van der Waals surface area contributed by atoms with Gasteiger partial charge in [-0.1, -0.05) is 6.92 Å². The van der Waals surface area contributed by atoms with Crippen LogP contribution in [0.4, 0.5) is 0 Å². The molecule has 0 spiro atoms. The highest BCUT2D eigenvalue weighted by molar-refractivity contribution is 7.07. The van der Waals surface area contributed by atoms with Crippen LogP contribution in [0.3, 0.4) is 0 Å². The van der Waals surface area contributed by atoms with Crippen LogP contribution in [0.5, 0.6) is 0 Å². The van der Waals surface area contributed by atoms with E-state index in [2.05, 4.69) is 16.8 Å². The molecule has 0 aliphatic rings. The number of rotatable bonds is 7. The number of hydrogen-bond donors (Lipinski definition) is 2. The Bertz CT molecular complexity index is 351.